The lowest BCUT2D eigenvalue weighted by Gasteiger charge is -1.99. The average Bonchev–Trinajstić information content (AvgIpc) is 2.61. The van der Waals surface area contributed by atoms with E-state index in [9.17, 15) is 13.2 Å². The molecule has 0 bridgehead atoms. The van der Waals surface area contributed by atoms with Crippen molar-refractivity contribution in [3.05, 3.63) is 42.1 Å². The van der Waals surface area contributed by atoms with Gasteiger partial charge in [0.05, 0.1) is 5.69 Å². The zero-order chi connectivity index (χ0) is 11.8. The van der Waals surface area contributed by atoms with Gasteiger partial charge in [-0.3, -0.25) is 4.68 Å². The summed E-state index contributed by atoms with van der Waals surface area (Å²) in [5, 5.41) is 3.44. The van der Waals surface area contributed by atoms with Gasteiger partial charge in [-0.2, -0.15) is 18.3 Å². The van der Waals surface area contributed by atoms with Crippen molar-refractivity contribution >= 4 is 0 Å². The van der Waals surface area contributed by atoms with Gasteiger partial charge in [0.25, 0.3) is 0 Å². The van der Waals surface area contributed by atoms with E-state index in [2.05, 4.69) is 11.2 Å². The molecule has 0 aliphatic heterocycles. The number of rotatable bonds is 1. The Balaban J connectivity index is 2.48. The molecule has 1 aromatic heterocycles. The Hall–Kier alpha value is -1.78. The minimum atomic E-state index is -4.41. The van der Waals surface area contributed by atoms with E-state index in [1.54, 1.807) is 24.3 Å². The summed E-state index contributed by atoms with van der Waals surface area (Å²) in [6, 6.07) is 10.5. The molecule has 0 saturated carbocycles. The molecule has 0 aliphatic carbocycles. The molecule has 1 heterocycles. The minimum absolute atomic E-state index is 0.432. The summed E-state index contributed by atoms with van der Waals surface area (Å²) in [6.07, 6.45) is -4.41. The fourth-order valence-corrected chi connectivity index (χ4v) is 1.43. The highest BCUT2D eigenvalue weighted by Crippen LogP contribution is 2.31. The highest BCUT2D eigenvalue weighted by Gasteiger charge is 2.34. The van der Waals surface area contributed by atoms with Crippen LogP contribution in [-0.2, 0) is 13.2 Å². The number of halogens is 3. The second-order valence-corrected chi connectivity index (χ2v) is 3.32. The molecule has 0 unspecified atom stereocenters. The number of alkyl halides is 3. The molecular formula is C11H8F3N2. The standard InChI is InChI=1S/C11H8F3N2/c1-16-9(8-5-3-2-4-6-8)7-10(15-16)11(12,13)14/h3-7H,1H3. The third-order valence-electron chi connectivity index (χ3n) is 2.18. The first-order valence-electron chi connectivity index (χ1n) is 4.56. The first-order chi connectivity index (χ1) is 7.48. The number of aryl methyl sites for hydroxylation is 1. The monoisotopic (exact) mass is 225 g/mol. The fourth-order valence-electron chi connectivity index (χ4n) is 1.43. The lowest BCUT2D eigenvalue weighted by molar-refractivity contribution is -0.141. The van der Waals surface area contributed by atoms with Gasteiger partial charge >= 0.3 is 6.18 Å². The first-order valence-corrected chi connectivity index (χ1v) is 4.56. The molecule has 2 rings (SSSR count). The van der Waals surface area contributed by atoms with Gasteiger partial charge in [-0.15, -0.1) is 0 Å². The van der Waals surface area contributed by atoms with Crippen LogP contribution in [0.25, 0.3) is 11.3 Å². The summed E-state index contributed by atoms with van der Waals surface area (Å²) >= 11 is 0. The molecule has 1 radical (unpaired) electrons. The van der Waals surface area contributed by atoms with Crippen molar-refractivity contribution in [1.82, 2.24) is 9.78 Å². The molecule has 5 heteroatoms. The molecule has 0 aliphatic rings. The Labute approximate surface area is 90.3 Å². The van der Waals surface area contributed by atoms with Crippen LogP contribution in [0.4, 0.5) is 13.2 Å². The Kier molecular flexibility index (Phi) is 2.46. The Bertz CT molecular complexity index is 486. The molecular weight excluding hydrogens is 217 g/mol. The van der Waals surface area contributed by atoms with Crippen LogP contribution in [0, 0.1) is 6.07 Å². The van der Waals surface area contributed by atoms with Crippen LogP contribution in [0.2, 0.25) is 0 Å². The number of hydrogen-bond donors (Lipinski definition) is 0. The first kappa shape index (κ1) is 10.7. The van der Waals surface area contributed by atoms with Crippen LogP contribution in [0.15, 0.2) is 30.3 Å². The van der Waals surface area contributed by atoms with Crippen molar-refractivity contribution in [3.8, 4) is 11.3 Å². The van der Waals surface area contributed by atoms with Gasteiger partial charge in [-0.25, -0.2) is 0 Å². The predicted molar refractivity (Wildman–Crippen MR) is 52.5 cm³/mol. The number of hydrogen-bond acceptors (Lipinski definition) is 1. The molecule has 16 heavy (non-hydrogen) atoms. The van der Waals surface area contributed by atoms with Crippen LogP contribution in [0.5, 0.6) is 0 Å². The Morgan fingerprint density at radius 3 is 2.38 bits per heavy atom. The number of benzene rings is 1. The average molecular weight is 225 g/mol. The van der Waals surface area contributed by atoms with Crippen LogP contribution in [0.3, 0.4) is 0 Å². The summed E-state index contributed by atoms with van der Waals surface area (Å²) in [4.78, 5) is 0. The van der Waals surface area contributed by atoms with E-state index >= 15 is 0 Å². The van der Waals surface area contributed by atoms with E-state index in [0.29, 0.717) is 11.3 Å². The summed E-state index contributed by atoms with van der Waals surface area (Å²) in [5.74, 6) is 0. The smallest absolute Gasteiger partial charge is 0.267 e. The van der Waals surface area contributed by atoms with Gasteiger partial charge < -0.3 is 0 Å². The van der Waals surface area contributed by atoms with Crippen molar-refractivity contribution in [2.24, 2.45) is 7.05 Å². The van der Waals surface area contributed by atoms with Crippen molar-refractivity contribution in [1.29, 1.82) is 0 Å². The van der Waals surface area contributed by atoms with Crippen LogP contribution >= 0.6 is 0 Å². The van der Waals surface area contributed by atoms with Crippen molar-refractivity contribution in [3.63, 3.8) is 0 Å². The molecule has 0 atom stereocenters. The number of aromatic nitrogens is 2. The Morgan fingerprint density at radius 2 is 1.88 bits per heavy atom. The van der Waals surface area contributed by atoms with Crippen LogP contribution < -0.4 is 0 Å². The topological polar surface area (TPSA) is 17.8 Å². The van der Waals surface area contributed by atoms with E-state index < -0.39 is 11.9 Å². The van der Waals surface area contributed by atoms with Crippen LogP contribution in [0.1, 0.15) is 5.69 Å². The van der Waals surface area contributed by atoms with Crippen molar-refractivity contribution in [2.75, 3.05) is 0 Å². The van der Waals surface area contributed by atoms with Crippen molar-refractivity contribution < 1.29 is 13.2 Å². The molecule has 0 spiro atoms. The van der Waals surface area contributed by atoms with Gasteiger partial charge in [-0.1, -0.05) is 24.3 Å². The molecule has 1 aromatic carbocycles. The lowest BCUT2D eigenvalue weighted by atomic mass is 10.1. The predicted octanol–water partition coefficient (Wildman–Crippen LogP) is 2.91. The zero-order valence-corrected chi connectivity index (χ0v) is 8.42. The van der Waals surface area contributed by atoms with E-state index in [0.717, 1.165) is 6.07 Å². The molecule has 83 valence electrons. The summed E-state index contributed by atoms with van der Waals surface area (Å²) in [6.45, 7) is 0. The van der Waals surface area contributed by atoms with Crippen molar-refractivity contribution in [2.45, 2.75) is 6.18 Å². The van der Waals surface area contributed by atoms with E-state index in [1.165, 1.54) is 11.7 Å². The maximum Gasteiger partial charge on any atom is 0.435 e. The maximum atomic E-state index is 12.4. The van der Waals surface area contributed by atoms with E-state index in [4.69, 9.17) is 0 Å². The highest BCUT2D eigenvalue weighted by atomic mass is 19.4. The zero-order valence-electron chi connectivity index (χ0n) is 8.42. The highest BCUT2D eigenvalue weighted by molar-refractivity contribution is 5.59. The molecule has 2 nitrogen and oxygen atoms in total. The number of nitrogens with zero attached hydrogens (tertiary/aromatic N) is 2. The van der Waals surface area contributed by atoms with E-state index in [-0.39, 0.29) is 0 Å². The van der Waals surface area contributed by atoms with Crippen LogP contribution in [-0.4, -0.2) is 9.78 Å². The lowest BCUT2D eigenvalue weighted by Crippen LogP contribution is -2.06. The molecule has 2 aromatic rings. The summed E-state index contributed by atoms with van der Waals surface area (Å²) in [7, 11) is 1.49. The van der Waals surface area contributed by atoms with Gasteiger partial charge in [0.2, 0.25) is 0 Å². The minimum Gasteiger partial charge on any atom is -0.267 e. The van der Waals surface area contributed by atoms with Gasteiger partial charge in [0, 0.05) is 7.05 Å². The summed E-state index contributed by atoms with van der Waals surface area (Å²) in [5.41, 5.74) is 0.239. The van der Waals surface area contributed by atoms with E-state index in [1.807, 2.05) is 0 Å². The second kappa shape index (κ2) is 3.66. The Morgan fingerprint density at radius 1 is 1.25 bits per heavy atom. The maximum absolute atomic E-state index is 12.4. The normalized spacial score (nSPS) is 11.8. The third kappa shape index (κ3) is 1.93. The SMILES string of the molecule is Cn1nc(C(F)(F)F)cc1-c1cc[c]cc1. The van der Waals surface area contributed by atoms with Gasteiger partial charge in [0.15, 0.2) is 5.69 Å². The largest absolute Gasteiger partial charge is 0.435 e. The van der Waals surface area contributed by atoms with Gasteiger partial charge in [-0.05, 0) is 17.7 Å². The molecule has 0 amide bonds. The fraction of sp³-hybridized carbons (Fsp3) is 0.182. The summed E-state index contributed by atoms with van der Waals surface area (Å²) < 4.78 is 38.5. The van der Waals surface area contributed by atoms with Gasteiger partial charge in [0.1, 0.15) is 0 Å². The second-order valence-electron chi connectivity index (χ2n) is 3.32. The third-order valence-corrected chi connectivity index (χ3v) is 2.18. The quantitative estimate of drug-likeness (QED) is 0.729. The molecule has 0 N–H and O–H groups in total. The molecule has 0 saturated heterocycles. The molecule has 0 fully saturated rings.